The third-order valence-corrected chi connectivity index (χ3v) is 17.4. The zero-order valence-electron chi connectivity index (χ0n) is 34.1. The highest BCUT2D eigenvalue weighted by Crippen LogP contribution is 2.77. The largest absolute Gasteiger partial charge is 0.481 e. The predicted molar refractivity (Wildman–Crippen MR) is 210 cm³/mol. The van der Waals surface area contributed by atoms with Crippen LogP contribution in [-0.2, 0) is 24.7 Å². The lowest BCUT2D eigenvalue weighted by atomic mass is 9.33. The maximum Gasteiger partial charge on any atom is 0.309 e. The van der Waals surface area contributed by atoms with Crippen molar-refractivity contribution in [3.8, 4) is 0 Å². The summed E-state index contributed by atoms with van der Waals surface area (Å²) in [5, 5.41) is 14.4. The molecule has 0 radical (unpaired) electrons. The van der Waals surface area contributed by atoms with Crippen molar-refractivity contribution in [2.75, 3.05) is 6.54 Å². The average molecular weight is 748 g/mol. The number of fused-ring (bicyclic) bond motifs is 7. The number of hydrogen-bond acceptors (Lipinski definition) is 5. The van der Waals surface area contributed by atoms with Crippen LogP contribution in [0.25, 0.3) is 0 Å². The Labute approximate surface area is 324 Å². The van der Waals surface area contributed by atoms with E-state index in [9.17, 15) is 19.5 Å². The maximum absolute atomic E-state index is 14.1. The van der Waals surface area contributed by atoms with Crippen molar-refractivity contribution in [1.82, 2.24) is 5.32 Å². The smallest absolute Gasteiger partial charge is 0.309 e. The van der Waals surface area contributed by atoms with Crippen molar-refractivity contribution in [3.63, 3.8) is 0 Å². The molecule has 0 aromatic heterocycles. The Kier molecular flexibility index (Phi) is 9.53. The summed E-state index contributed by atoms with van der Waals surface area (Å²) in [6.45, 7) is 21.0. The monoisotopic (exact) mass is 747 g/mol. The zero-order chi connectivity index (χ0) is 38.6. The van der Waals surface area contributed by atoms with Gasteiger partial charge in [0, 0.05) is 27.8 Å². The van der Waals surface area contributed by atoms with Crippen molar-refractivity contribution < 1.29 is 24.2 Å². The highest BCUT2D eigenvalue weighted by molar-refractivity contribution is 6.30. The van der Waals surface area contributed by atoms with Crippen molar-refractivity contribution >= 4 is 29.3 Å². The minimum absolute atomic E-state index is 0.0118. The van der Waals surface area contributed by atoms with Crippen LogP contribution in [0.3, 0.4) is 0 Å². The van der Waals surface area contributed by atoms with Crippen LogP contribution < -0.4 is 5.32 Å². The van der Waals surface area contributed by atoms with Crippen LogP contribution >= 0.6 is 11.6 Å². The molecule has 2 N–H and O–H groups in total. The van der Waals surface area contributed by atoms with Crippen LogP contribution in [-0.4, -0.2) is 35.5 Å². The van der Waals surface area contributed by atoms with Gasteiger partial charge in [0.15, 0.2) is 5.78 Å². The van der Waals surface area contributed by atoms with Crippen LogP contribution in [0.4, 0.5) is 0 Å². The summed E-state index contributed by atoms with van der Waals surface area (Å²) in [5.74, 6) is 0.649. The van der Waals surface area contributed by atoms with E-state index in [0.29, 0.717) is 30.0 Å². The first-order valence-electron chi connectivity index (χ1n) is 20.9. The molecule has 5 fully saturated rings. The van der Waals surface area contributed by atoms with Gasteiger partial charge >= 0.3 is 11.9 Å². The standard InChI is InChI=1S/C46H66ClNO5/c1-28(2)37-32(49)26-45(23-24-48-46(21-22-46)29-11-10-12-30(47)25-29)20-19-43(8)31(38(37)45)13-14-34-42(7)17-16-35(53-36(50)27-40(3,4)39(51)52)41(5,6)33(42)15-18-44(34,43)9/h10-12,25,28,31,33-35,48H,13-24,26-27H2,1-9H3,(H,51,52)/t31-,33+,34-,35+,42+,43-,44-,45-/m1/s1. The number of hydrogen-bond donors (Lipinski definition) is 2. The van der Waals surface area contributed by atoms with Gasteiger partial charge in [-0.05, 0) is 154 Å². The number of carboxylic acid groups (broad SMARTS) is 1. The molecular weight excluding hydrogens is 682 g/mol. The summed E-state index contributed by atoms with van der Waals surface area (Å²) in [6.07, 6.45) is 12.3. The lowest BCUT2D eigenvalue weighted by Gasteiger charge is -2.72. The first kappa shape index (κ1) is 39.1. The van der Waals surface area contributed by atoms with Crippen LogP contribution in [0.1, 0.15) is 151 Å². The molecule has 7 heteroatoms. The Morgan fingerprint density at radius 2 is 1.66 bits per heavy atom. The Morgan fingerprint density at radius 1 is 0.943 bits per heavy atom. The summed E-state index contributed by atoms with van der Waals surface area (Å²) in [4.78, 5) is 39.0. The number of esters is 1. The molecular formula is C46H66ClNO5. The van der Waals surface area contributed by atoms with Gasteiger partial charge in [0.1, 0.15) is 6.10 Å². The fourth-order valence-corrected chi connectivity index (χ4v) is 14.1. The van der Waals surface area contributed by atoms with Gasteiger partial charge in [0.2, 0.25) is 0 Å². The minimum atomic E-state index is -1.15. The van der Waals surface area contributed by atoms with E-state index in [1.165, 1.54) is 12.0 Å². The van der Waals surface area contributed by atoms with Gasteiger partial charge in [-0.25, -0.2) is 0 Å². The van der Waals surface area contributed by atoms with Crippen molar-refractivity contribution in [2.45, 2.75) is 157 Å². The minimum Gasteiger partial charge on any atom is -0.481 e. The van der Waals surface area contributed by atoms with Crippen molar-refractivity contribution in [2.24, 2.45) is 56.2 Å². The highest BCUT2D eigenvalue weighted by atomic mass is 35.5. The van der Waals surface area contributed by atoms with Crippen LogP contribution in [0.2, 0.25) is 5.02 Å². The molecule has 0 saturated heterocycles. The van der Waals surface area contributed by atoms with Gasteiger partial charge in [0.25, 0.3) is 0 Å². The van der Waals surface area contributed by atoms with E-state index in [4.69, 9.17) is 16.3 Å². The molecule has 0 spiro atoms. The van der Waals surface area contributed by atoms with Crippen molar-refractivity contribution in [1.29, 1.82) is 0 Å². The molecule has 53 heavy (non-hydrogen) atoms. The second-order valence-corrected chi connectivity index (χ2v) is 21.4. The Balaban J connectivity index is 1.13. The Bertz CT molecular complexity index is 1710. The molecule has 6 nitrogen and oxygen atoms in total. The molecule has 0 heterocycles. The topological polar surface area (TPSA) is 92.7 Å². The zero-order valence-corrected chi connectivity index (χ0v) is 34.8. The van der Waals surface area contributed by atoms with Gasteiger partial charge < -0.3 is 15.2 Å². The quantitative estimate of drug-likeness (QED) is 0.232. The summed E-state index contributed by atoms with van der Waals surface area (Å²) in [6, 6.07) is 8.33. The molecule has 8 atom stereocenters. The number of halogens is 1. The molecule has 0 aliphatic heterocycles. The van der Waals surface area contributed by atoms with Gasteiger partial charge in [0.05, 0.1) is 11.8 Å². The predicted octanol–water partition coefficient (Wildman–Crippen LogP) is 10.7. The molecule has 5 saturated carbocycles. The van der Waals surface area contributed by atoms with Gasteiger partial charge in [-0.15, -0.1) is 0 Å². The number of rotatable bonds is 10. The van der Waals surface area contributed by atoms with Crippen molar-refractivity contribution in [3.05, 3.63) is 46.0 Å². The number of ketones is 1. The van der Waals surface area contributed by atoms with Crippen LogP contribution in [0, 0.1) is 56.2 Å². The first-order valence-corrected chi connectivity index (χ1v) is 21.3. The van der Waals surface area contributed by atoms with Crippen LogP contribution in [0.15, 0.2) is 35.4 Å². The molecule has 0 unspecified atom stereocenters. The summed E-state index contributed by atoms with van der Waals surface area (Å²) < 4.78 is 6.19. The maximum atomic E-state index is 14.1. The van der Waals surface area contributed by atoms with Crippen LogP contribution in [0.5, 0.6) is 0 Å². The number of aliphatic carboxylic acids is 1. The number of ether oxygens (including phenoxy) is 1. The molecule has 6 aliphatic rings. The lowest BCUT2D eigenvalue weighted by Crippen LogP contribution is -2.65. The normalized spacial score (nSPS) is 38.4. The number of carboxylic acids is 1. The number of nitrogens with one attached hydrogen (secondary N) is 1. The number of allylic oxidation sites excluding steroid dienone is 2. The summed E-state index contributed by atoms with van der Waals surface area (Å²) in [5.41, 5.74) is 2.96. The fourth-order valence-electron chi connectivity index (χ4n) is 13.9. The Hall–Kier alpha value is -2.18. The Morgan fingerprint density at radius 3 is 2.30 bits per heavy atom. The van der Waals surface area contributed by atoms with E-state index in [-0.39, 0.29) is 51.1 Å². The van der Waals surface area contributed by atoms with Gasteiger partial charge in [-0.1, -0.05) is 77.8 Å². The average Bonchev–Trinajstić information content (AvgIpc) is 3.78. The molecule has 0 bridgehead atoms. The molecule has 7 rings (SSSR count). The third kappa shape index (κ3) is 6.00. The molecule has 292 valence electrons. The third-order valence-electron chi connectivity index (χ3n) is 17.1. The fraction of sp³-hybridized carbons (Fsp3) is 0.761. The van der Waals surface area contributed by atoms with E-state index >= 15 is 0 Å². The second-order valence-electron chi connectivity index (χ2n) is 21.0. The molecule has 1 aromatic rings. The lowest BCUT2D eigenvalue weighted by molar-refractivity contribution is -0.233. The summed E-state index contributed by atoms with van der Waals surface area (Å²) in [7, 11) is 0. The highest BCUT2D eigenvalue weighted by Gasteiger charge is 2.70. The van der Waals surface area contributed by atoms with E-state index < -0.39 is 17.4 Å². The van der Waals surface area contributed by atoms with E-state index in [1.54, 1.807) is 19.4 Å². The second kappa shape index (κ2) is 12.9. The summed E-state index contributed by atoms with van der Waals surface area (Å²) >= 11 is 6.41. The first-order chi connectivity index (χ1) is 24.7. The number of carbonyl (C=O) groups excluding carboxylic acids is 2. The number of carbonyl (C=O) groups is 3. The van der Waals surface area contributed by atoms with Gasteiger partial charge in [-0.3, -0.25) is 14.4 Å². The number of Topliss-reactive ketones (excluding diaryl/α,β-unsaturated/α-hetero) is 1. The number of benzene rings is 1. The van der Waals surface area contributed by atoms with E-state index in [1.807, 2.05) is 6.07 Å². The van der Waals surface area contributed by atoms with E-state index in [2.05, 4.69) is 72.0 Å². The van der Waals surface area contributed by atoms with Gasteiger partial charge in [-0.2, -0.15) is 0 Å². The molecule has 1 aromatic carbocycles. The SMILES string of the molecule is CC(C)C1=C2[C@H]3CC[C@@H]4[C@@]5(C)CC[C@H](OC(=O)CC(C)(C)C(=O)O)C(C)(C)[C@@H]5CC[C@@]4(C)[C@]3(C)CC[C@@]2(CCNC2(c3cccc(Cl)c3)CC2)CC1=O. The van der Waals surface area contributed by atoms with E-state index in [0.717, 1.165) is 81.3 Å². The molecule has 0 amide bonds. The molecule has 6 aliphatic carbocycles.